The van der Waals surface area contributed by atoms with Gasteiger partial charge >= 0.3 is 0 Å². The summed E-state index contributed by atoms with van der Waals surface area (Å²) in [5.41, 5.74) is 1.36. The lowest BCUT2D eigenvalue weighted by molar-refractivity contribution is -0.119. The van der Waals surface area contributed by atoms with Crippen molar-refractivity contribution in [2.24, 2.45) is 0 Å². The molecule has 5 nitrogen and oxygen atoms in total. The first-order valence-electron chi connectivity index (χ1n) is 5.14. The number of carbonyl (C=O) groups excluding carboxylic acids is 1. The molecule has 0 heterocycles. The number of nitrogens with one attached hydrogen (secondary N) is 2. The molecule has 0 spiro atoms. The summed E-state index contributed by atoms with van der Waals surface area (Å²) in [7, 11) is 0. The Bertz CT molecular complexity index is 453. The average Bonchev–Trinajstić information content (AvgIpc) is 2.37. The molecule has 0 aromatic heterocycles. The van der Waals surface area contributed by atoms with Gasteiger partial charge in [0.25, 0.3) is 0 Å². The quantitative estimate of drug-likeness (QED) is 0.736. The van der Waals surface area contributed by atoms with E-state index >= 15 is 0 Å². The van der Waals surface area contributed by atoms with Gasteiger partial charge in [-0.3, -0.25) is 4.79 Å². The van der Waals surface area contributed by atoms with Crippen LogP contribution in [0.4, 0.5) is 5.69 Å². The minimum atomic E-state index is -0.162. The number of benzene rings is 1. The van der Waals surface area contributed by atoms with Crippen molar-refractivity contribution < 1.29 is 4.79 Å². The molecule has 0 aliphatic carbocycles. The van der Waals surface area contributed by atoms with Gasteiger partial charge < -0.3 is 10.6 Å². The maximum absolute atomic E-state index is 11.3. The fourth-order valence-corrected chi connectivity index (χ4v) is 1.17. The van der Waals surface area contributed by atoms with E-state index in [0.717, 1.165) is 5.69 Å². The van der Waals surface area contributed by atoms with Crippen molar-refractivity contribution in [2.75, 3.05) is 18.4 Å². The van der Waals surface area contributed by atoms with Crippen LogP contribution in [0.5, 0.6) is 0 Å². The zero-order valence-electron chi connectivity index (χ0n) is 9.23. The minimum absolute atomic E-state index is 0.150. The van der Waals surface area contributed by atoms with Crippen molar-refractivity contribution in [3.63, 3.8) is 0 Å². The molecule has 0 saturated heterocycles. The minimum Gasteiger partial charge on any atom is -0.376 e. The molecule has 0 radical (unpaired) electrons. The van der Waals surface area contributed by atoms with Crippen LogP contribution in [0.3, 0.4) is 0 Å². The van der Waals surface area contributed by atoms with Crippen LogP contribution in [-0.4, -0.2) is 19.0 Å². The molecule has 1 aromatic rings. The van der Waals surface area contributed by atoms with Gasteiger partial charge in [-0.25, -0.2) is 0 Å². The summed E-state index contributed by atoms with van der Waals surface area (Å²) in [5.74, 6) is -0.162. The Morgan fingerprint density at radius 1 is 1.24 bits per heavy atom. The van der Waals surface area contributed by atoms with Crippen LogP contribution in [0.2, 0.25) is 0 Å². The first-order valence-corrected chi connectivity index (χ1v) is 5.14. The molecule has 2 N–H and O–H groups in total. The second kappa shape index (κ2) is 6.86. The first kappa shape index (κ1) is 12.5. The molecule has 0 unspecified atom stereocenters. The second-order valence-corrected chi connectivity index (χ2v) is 3.30. The number of hydrogen-bond acceptors (Lipinski definition) is 4. The average molecular weight is 228 g/mol. The zero-order valence-corrected chi connectivity index (χ0v) is 9.23. The van der Waals surface area contributed by atoms with Gasteiger partial charge in [0.2, 0.25) is 5.91 Å². The van der Waals surface area contributed by atoms with E-state index in [1.165, 1.54) is 0 Å². The van der Waals surface area contributed by atoms with Crippen molar-refractivity contribution in [3.05, 3.63) is 29.8 Å². The van der Waals surface area contributed by atoms with Gasteiger partial charge in [-0.15, -0.1) is 0 Å². The fraction of sp³-hybridized carbons (Fsp3) is 0.250. The number of hydrogen-bond donors (Lipinski definition) is 2. The molecule has 0 fully saturated rings. The third-order valence-corrected chi connectivity index (χ3v) is 2.03. The van der Waals surface area contributed by atoms with E-state index in [4.69, 9.17) is 10.5 Å². The number of nitriles is 2. The van der Waals surface area contributed by atoms with E-state index in [2.05, 4.69) is 10.6 Å². The maximum atomic E-state index is 11.3. The number of nitrogens with zero attached hydrogens (tertiary/aromatic N) is 2. The number of anilines is 1. The Morgan fingerprint density at radius 2 is 1.94 bits per heavy atom. The highest BCUT2D eigenvalue weighted by atomic mass is 16.1. The standard InChI is InChI=1S/C12H12N4O/c13-6-1-7-15-12(17)9-16-11-4-2-10(8-14)3-5-11/h2-5,16H,1,7,9H2,(H,15,17). The van der Waals surface area contributed by atoms with Crippen LogP contribution in [0.25, 0.3) is 0 Å². The molecule has 1 amide bonds. The molecule has 0 aliphatic heterocycles. The predicted octanol–water partition coefficient (Wildman–Crippen LogP) is 1.00. The van der Waals surface area contributed by atoms with E-state index in [1.54, 1.807) is 24.3 Å². The van der Waals surface area contributed by atoms with Gasteiger partial charge in [-0.2, -0.15) is 10.5 Å². The Kier molecular flexibility index (Phi) is 5.06. The first-order chi connectivity index (χ1) is 8.26. The highest BCUT2D eigenvalue weighted by molar-refractivity contribution is 5.80. The van der Waals surface area contributed by atoms with Crippen molar-refractivity contribution in [3.8, 4) is 12.1 Å². The van der Waals surface area contributed by atoms with Crippen LogP contribution in [0.1, 0.15) is 12.0 Å². The molecule has 1 rings (SSSR count). The molecule has 0 saturated carbocycles. The van der Waals surface area contributed by atoms with Gasteiger partial charge in [-0.1, -0.05) is 0 Å². The highest BCUT2D eigenvalue weighted by Crippen LogP contribution is 2.07. The molecule has 86 valence electrons. The smallest absolute Gasteiger partial charge is 0.239 e. The SMILES string of the molecule is N#CCCNC(=O)CNc1ccc(C#N)cc1. The molecule has 1 aromatic carbocycles. The fourth-order valence-electron chi connectivity index (χ4n) is 1.17. The largest absolute Gasteiger partial charge is 0.376 e. The van der Waals surface area contributed by atoms with Gasteiger partial charge in [0.1, 0.15) is 0 Å². The summed E-state index contributed by atoms with van der Waals surface area (Å²) in [5, 5.41) is 22.4. The lowest BCUT2D eigenvalue weighted by Gasteiger charge is -2.06. The van der Waals surface area contributed by atoms with E-state index in [0.29, 0.717) is 18.5 Å². The number of rotatable bonds is 5. The Hall–Kier alpha value is -2.53. The van der Waals surface area contributed by atoms with Crippen LogP contribution in [0.15, 0.2) is 24.3 Å². The summed E-state index contributed by atoms with van der Waals surface area (Å²) >= 11 is 0. The summed E-state index contributed by atoms with van der Waals surface area (Å²) in [6, 6.07) is 10.8. The third-order valence-electron chi connectivity index (χ3n) is 2.03. The molecular formula is C12H12N4O. The number of amides is 1. The Labute approximate surface area is 99.7 Å². The maximum Gasteiger partial charge on any atom is 0.239 e. The zero-order chi connectivity index (χ0) is 12.5. The molecule has 0 aliphatic rings. The summed E-state index contributed by atoms with van der Waals surface area (Å²) in [6.45, 7) is 0.516. The molecule has 5 heteroatoms. The lowest BCUT2D eigenvalue weighted by atomic mass is 10.2. The Balaban J connectivity index is 2.33. The van der Waals surface area contributed by atoms with E-state index in [9.17, 15) is 4.79 Å². The monoisotopic (exact) mass is 228 g/mol. The molecule has 0 atom stereocenters. The van der Waals surface area contributed by atoms with Gasteiger partial charge in [-0.05, 0) is 24.3 Å². The van der Waals surface area contributed by atoms with Crippen molar-refractivity contribution >= 4 is 11.6 Å². The predicted molar refractivity (Wildman–Crippen MR) is 62.9 cm³/mol. The van der Waals surface area contributed by atoms with Crippen LogP contribution >= 0.6 is 0 Å². The second-order valence-electron chi connectivity index (χ2n) is 3.30. The molecule has 0 bridgehead atoms. The molecular weight excluding hydrogens is 216 g/mol. The van der Waals surface area contributed by atoms with Crippen molar-refractivity contribution in [1.29, 1.82) is 10.5 Å². The highest BCUT2D eigenvalue weighted by Gasteiger charge is 2.00. The lowest BCUT2D eigenvalue weighted by Crippen LogP contribution is -2.30. The van der Waals surface area contributed by atoms with Gasteiger partial charge in [0.15, 0.2) is 0 Å². The third kappa shape index (κ3) is 4.67. The summed E-state index contributed by atoms with van der Waals surface area (Å²) in [4.78, 5) is 11.3. The summed E-state index contributed by atoms with van der Waals surface area (Å²) < 4.78 is 0. The van der Waals surface area contributed by atoms with Crippen molar-refractivity contribution in [1.82, 2.24) is 5.32 Å². The van der Waals surface area contributed by atoms with Gasteiger partial charge in [0.05, 0.1) is 30.7 Å². The van der Waals surface area contributed by atoms with E-state index in [1.807, 2.05) is 12.1 Å². The summed E-state index contributed by atoms with van der Waals surface area (Å²) in [6.07, 6.45) is 0.308. The normalized spacial score (nSPS) is 8.82. The van der Waals surface area contributed by atoms with Crippen molar-refractivity contribution in [2.45, 2.75) is 6.42 Å². The van der Waals surface area contributed by atoms with E-state index in [-0.39, 0.29) is 12.5 Å². The Morgan fingerprint density at radius 3 is 2.53 bits per heavy atom. The molecule has 17 heavy (non-hydrogen) atoms. The van der Waals surface area contributed by atoms with Crippen LogP contribution < -0.4 is 10.6 Å². The topological polar surface area (TPSA) is 88.7 Å². The van der Waals surface area contributed by atoms with Crippen LogP contribution in [-0.2, 0) is 4.79 Å². The van der Waals surface area contributed by atoms with E-state index < -0.39 is 0 Å². The van der Waals surface area contributed by atoms with Crippen LogP contribution in [0, 0.1) is 22.7 Å². The number of carbonyl (C=O) groups is 1. The van der Waals surface area contributed by atoms with Gasteiger partial charge in [0, 0.05) is 12.2 Å².